The molecule has 1 amide bonds. The van der Waals surface area contributed by atoms with Crippen LogP contribution in [-0.2, 0) is 0 Å². The number of ether oxygens (including phenoxy) is 2. The number of nitrogens with one attached hydrogen (secondary N) is 1. The van der Waals surface area contributed by atoms with Crippen molar-refractivity contribution in [3.8, 4) is 11.5 Å². The Morgan fingerprint density at radius 2 is 2.00 bits per heavy atom. The van der Waals surface area contributed by atoms with E-state index in [2.05, 4.69) is 15.3 Å². The van der Waals surface area contributed by atoms with Crippen molar-refractivity contribution in [3.63, 3.8) is 0 Å². The van der Waals surface area contributed by atoms with Crippen molar-refractivity contribution in [2.75, 3.05) is 7.11 Å². The molecule has 0 unspecified atom stereocenters. The fourth-order valence-corrected chi connectivity index (χ4v) is 2.05. The molecule has 0 saturated carbocycles. The van der Waals surface area contributed by atoms with E-state index >= 15 is 0 Å². The van der Waals surface area contributed by atoms with Crippen LogP contribution in [-0.4, -0.2) is 25.8 Å². The Bertz CT molecular complexity index is 754. The van der Waals surface area contributed by atoms with Crippen molar-refractivity contribution in [2.24, 2.45) is 5.10 Å². The smallest absolute Gasteiger partial charge is 0.387 e. The van der Waals surface area contributed by atoms with Gasteiger partial charge in [0.2, 0.25) is 0 Å². The third-order valence-corrected chi connectivity index (χ3v) is 3.23. The average molecular weight is 355 g/mol. The molecule has 0 atom stereocenters. The maximum atomic E-state index is 12.3. The van der Waals surface area contributed by atoms with Gasteiger partial charge in [-0.25, -0.2) is 5.43 Å². The number of alkyl halides is 2. The summed E-state index contributed by atoms with van der Waals surface area (Å²) >= 11 is 5.91. The van der Waals surface area contributed by atoms with Crippen LogP contribution in [0.1, 0.15) is 15.9 Å². The molecular weight excluding hydrogens is 342 g/mol. The molecule has 2 aromatic rings. The molecule has 8 heteroatoms. The second kappa shape index (κ2) is 8.26. The van der Waals surface area contributed by atoms with Crippen molar-refractivity contribution < 1.29 is 23.0 Å². The van der Waals surface area contributed by atoms with Crippen LogP contribution in [0.25, 0.3) is 0 Å². The van der Waals surface area contributed by atoms with Crippen molar-refractivity contribution in [1.29, 1.82) is 0 Å². The van der Waals surface area contributed by atoms with Gasteiger partial charge < -0.3 is 9.47 Å². The van der Waals surface area contributed by atoms with E-state index in [0.717, 1.165) is 0 Å². The summed E-state index contributed by atoms with van der Waals surface area (Å²) in [4.78, 5) is 11.9. The largest absolute Gasteiger partial charge is 0.493 e. The van der Waals surface area contributed by atoms with E-state index in [-0.39, 0.29) is 17.1 Å². The highest BCUT2D eigenvalue weighted by Crippen LogP contribution is 2.28. The topological polar surface area (TPSA) is 59.9 Å². The van der Waals surface area contributed by atoms with Crippen molar-refractivity contribution in [1.82, 2.24) is 5.43 Å². The van der Waals surface area contributed by atoms with Gasteiger partial charge in [-0.3, -0.25) is 4.79 Å². The molecule has 24 heavy (non-hydrogen) atoms. The van der Waals surface area contributed by atoms with Crippen LogP contribution >= 0.6 is 11.6 Å². The Labute approximate surface area is 141 Å². The number of amides is 1. The standard InChI is InChI=1S/C16H13ClF2N2O3/c1-23-14-8-10(6-7-13(14)24-16(18)19)9-20-21-15(22)11-4-2-3-5-12(11)17/h2-9,16H,1H3,(H,21,22)/b20-9-. The van der Waals surface area contributed by atoms with Gasteiger partial charge in [0.15, 0.2) is 11.5 Å². The molecule has 0 radical (unpaired) electrons. The minimum Gasteiger partial charge on any atom is -0.493 e. The predicted octanol–water partition coefficient (Wildman–Crippen LogP) is 3.71. The molecule has 2 aromatic carbocycles. The fourth-order valence-electron chi connectivity index (χ4n) is 1.83. The lowest BCUT2D eigenvalue weighted by atomic mass is 10.2. The molecule has 0 bridgehead atoms. The lowest BCUT2D eigenvalue weighted by Gasteiger charge is -2.10. The van der Waals surface area contributed by atoms with Crippen molar-refractivity contribution in [2.45, 2.75) is 6.61 Å². The monoisotopic (exact) mass is 354 g/mol. The van der Waals surface area contributed by atoms with Gasteiger partial charge in [0, 0.05) is 0 Å². The van der Waals surface area contributed by atoms with Crippen LogP contribution in [0.2, 0.25) is 5.02 Å². The molecule has 0 spiro atoms. The predicted molar refractivity (Wildman–Crippen MR) is 86.1 cm³/mol. The number of carbonyl (C=O) groups is 1. The van der Waals surface area contributed by atoms with Crippen LogP contribution in [0.15, 0.2) is 47.6 Å². The average Bonchev–Trinajstić information content (AvgIpc) is 2.56. The number of rotatable bonds is 6. The van der Waals surface area contributed by atoms with Crippen LogP contribution in [0.4, 0.5) is 8.78 Å². The van der Waals surface area contributed by atoms with Gasteiger partial charge in [-0.1, -0.05) is 23.7 Å². The molecule has 0 aromatic heterocycles. The number of nitrogens with zero attached hydrogens (tertiary/aromatic N) is 1. The zero-order valence-corrected chi connectivity index (χ0v) is 13.3. The summed E-state index contributed by atoms with van der Waals surface area (Å²) in [6, 6.07) is 10.8. The zero-order chi connectivity index (χ0) is 17.5. The van der Waals surface area contributed by atoms with Gasteiger partial charge >= 0.3 is 6.61 Å². The van der Waals surface area contributed by atoms with Gasteiger partial charge in [-0.05, 0) is 35.9 Å². The summed E-state index contributed by atoms with van der Waals surface area (Å²) in [6.45, 7) is -2.95. The summed E-state index contributed by atoms with van der Waals surface area (Å²) in [5, 5.41) is 4.10. The van der Waals surface area contributed by atoms with Crippen molar-refractivity contribution in [3.05, 3.63) is 58.6 Å². The van der Waals surface area contributed by atoms with E-state index in [1.807, 2.05) is 0 Å². The molecule has 0 aliphatic carbocycles. The first-order valence-corrected chi connectivity index (χ1v) is 7.10. The van der Waals surface area contributed by atoms with Crippen LogP contribution < -0.4 is 14.9 Å². The number of benzene rings is 2. The third-order valence-electron chi connectivity index (χ3n) is 2.90. The molecule has 0 heterocycles. The first-order chi connectivity index (χ1) is 11.5. The number of hydrazone groups is 1. The second-order valence-electron chi connectivity index (χ2n) is 4.47. The highest BCUT2D eigenvalue weighted by Gasteiger charge is 2.11. The van der Waals surface area contributed by atoms with Gasteiger partial charge in [0.1, 0.15) is 0 Å². The third kappa shape index (κ3) is 4.66. The highest BCUT2D eigenvalue weighted by molar-refractivity contribution is 6.33. The van der Waals surface area contributed by atoms with E-state index in [9.17, 15) is 13.6 Å². The fraction of sp³-hybridized carbons (Fsp3) is 0.125. The summed E-state index contributed by atoms with van der Waals surface area (Å²) in [6.07, 6.45) is 1.34. The Balaban J connectivity index is 2.06. The van der Waals surface area contributed by atoms with E-state index in [1.54, 1.807) is 24.3 Å². The lowest BCUT2D eigenvalue weighted by Crippen LogP contribution is -2.17. The Morgan fingerprint density at radius 3 is 2.67 bits per heavy atom. The molecule has 0 saturated heterocycles. The maximum absolute atomic E-state index is 12.3. The Kier molecular flexibility index (Phi) is 6.08. The van der Waals surface area contributed by atoms with Gasteiger partial charge in [-0.2, -0.15) is 13.9 Å². The molecule has 1 N–H and O–H groups in total. The summed E-state index contributed by atoms with van der Waals surface area (Å²) < 4.78 is 33.8. The van der Waals surface area contributed by atoms with Gasteiger partial charge in [-0.15, -0.1) is 0 Å². The van der Waals surface area contributed by atoms with E-state index < -0.39 is 12.5 Å². The van der Waals surface area contributed by atoms with Crippen LogP contribution in [0, 0.1) is 0 Å². The second-order valence-corrected chi connectivity index (χ2v) is 4.87. The molecule has 0 fully saturated rings. The molecule has 0 aliphatic heterocycles. The van der Waals surface area contributed by atoms with E-state index in [1.165, 1.54) is 31.5 Å². The van der Waals surface area contributed by atoms with Gasteiger partial charge in [0.05, 0.1) is 23.9 Å². The van der Waals surface area contributed by atoms with Crippen molar-refractivity contribution >= 4 is 23.7 Å². The Morgan fingerprint density at radius 1 is 1.25 bits per heavy atom. The maximum Gasteiger partial charge on any atom is 0.387 e. The summed E-state index contributed by atoms with van der Waals surface area (Å²) in [7, 11) is 1.33. The summed E-state index contributed by atoms with van der Waals surface area (Å²) in [5.74, 6) is -0.442. The Hall–Kier alpha value is -2.67. The summed E-state index contributed by atoms with van der Waals surface area (Å²) in [5.41, 5.74) is 3.13. The lowest BCUT2D eigenvalue weighted by molar-refractivity contribution is -0.0512. The SMILES string of the molecule is COc1cc(/C=N\NC(=O)c2ccccc2Cl)ccc1OC(F)F. The number of methoxy groups -OCH3 is 1. The minimum absolute atomic E-state index is 0.0928. The van der Waals surface area contributed by atoms with Crippen LogP contribution in [0.3, 0.4) is 0 Å². The first-order valence-electron chi connectivity index (χ1n) is 6.72. The molecule has 0 aliphatic rings. The highest BCUT2D eigenvalue weighted by atomic mass is 35.5. The minimum atomic E-state index is -2.95. The molecule has 2 rings (SSSR count). The number of hydrogen-bond acceptors (Lipinski definition) is 4. The quantitative estimate of drug-likeness (QED) is 0.635. The normalized spacial score (nSPS) is 10.9. The number of carbonyl (C=O) groups excluding carboxylic acids is 1. The number of halogens is 3. The first kappa shape index (κ1) is 17.7. The molecule has 5 nitrogen and oxygen atoms in total. The van der Waals surface area contributed by atoms with E-state index in [4.69, 9.17) is 16.3 Å². The zero-order valence-electron chi connectivity index (χ0n) is 12.5. The van der Waals surface area contributed by atoms with E-state index in [0.29, 0.717) is 10.6 Å². The van der Waals surface area contributed by atoms with Crippen LogP contribution in [0.5, 0.6) is 11.5 Å². The molecule has 126 valence electrons. The molecular formula is C16H13ClF2N2O3. The van der Waals surface area contributed by atoms with Gasteiger partial charge in [0.25, 0.3) is 5.91 Å². The number of hydrogen-bond donors (Lipinski definition) is 1.